The van der Waals surface area contributed by atoms with Crippen molar-refractivity contribution < 1.29 is 14.7 Å². The van der Waals surface area contributed by atoms with Gasteiger partial charge in [0.1, 0.15) is 0 Å². The fourth-order valence-electron chi connectivity index (χ4n) is 1.46. The largest absolute Gasteiger partial charge is 0.392 e. The minimum atomic E-state index is -0.756. The Kier molecular flexibility index (Phi) is 5.51. The van der Waals surface area contributed by atoms with Crippen molar-refractivity contribution in [2.75, 3.05) is 11.9 Å². The van der Waals surface area contributed by atoms with Crippen LogP contribution in [0.25, 0.3) is 0 Å². The number of aliphatic hydroxyl groups is 1. The third-order valence-electron chi connectivity index (χ3n) is 2.60. The minimum absolute atomic E-state index is 0.0541. The van der Waals surface area contributed by atoms with Gasteiger partial charge in [-0.25, -0.2) is 0 Å². The first-order valence-corrected chi connectivity index (χ1v) is 6.27. The molecule has 104 valence electrons. The molecule has 0 fully saturated rings. The summed E-state index contributed by atoms with van der Waals surface area (Å²) >= 11 is 0. The van der Waals surface area contributed by atoms with Gasteiger partial charge in [0.05, 0.1) is 6.10 Å². The second-order valence-corrected chi connectivity index (χ2v) is 4.79. The molecule has 19 heavy (non-hydrogen) atoms. The molecule has 5 nitrogen and oxygen atoms in total. The van der Waals surface area contributed by atoms with Gasteiger partial charge in [-0.15, -0.1) is 0 Å². The molecule has 0 unspecified atom stereocenters. The monoisotopic (exact) mass is 264 g/mol. The number of amides is 2. The normalized spacial score (nSPS) is 12.1. The summed E-state index contributed by atoms with van der Waals surface area (Å²) in [5.41, 5.74) is 1.73. The van der Waals surface area contributed by atoms with Crippen molar-refractivity contribution >= 4 is 17.5 Å². The molecule has 1 atom stereocenters. The molecule has 0 saturated heterocycles. The van der Waals surface area contributed by atoms with Crippen LogP contribution in [0, 0.1) is 0 Å². The van der Waals surface area contributed by atoms with E-state index in [0.29, 0.717) is 11.6 Å². The number of nitrogens with one attached hydrogen (secondary N) is 2. The average molecular weight is 264 g/mol. The Morgan fingerprint density at radius 2 is 1.68 bits per heavy atom. The standard InChI is InChI=1S/C14H20N2O3/c1-9(2)11-4-6-12(7-5-11)16-14(19)13(18)15-8-10(3)17/h4-7,9-10,17H,8H2,1-3H3,(H,15,18)(H,16,19)/t10-/m1/s1. The average Bonchev–Trinajstić information content (AvgIpc) is 2.36. The van der Waals surface area contributed by atoms with Crippen molar-refractivity contribution in [3.8, 4) is 0 Å². The quantitative estimate of drug-likeness (QED) is 0.716. The summed E-state index contributed by atoms with van der Waals surface area (Å²) in [4.78, 5) is 22.9. The number of rotatable bonds is 4. The van der Waals surface area contributed by atoms with Crippen molar-refractivity contribution in [2.24, 2.45) is 0 Å². The number of benzene rings is 1. The minimum Gasteiger partial charge on any atom is -0.392 e. The van der Waals surface area contributed by atoms with Crippen molar-refractivity contribution in [1.29, 1.82) is 0 Å². The lowest BCUT2D eigenvalue weighted by molar-refractivity contribution is -0.136. The highest BCUT2D eigenvalue weighted by Gasteiger charge is 2.13. The van der Waals surface area contributed by atoms with Crippen LogP contribution in [-0.2, 0) is 9.59 Å². The van der Waals surface area contributed by atoms with Crippen molar-refractivity contribution in [2.45, 2.75) is 32.8 Å². The topological polar surface area (TPSA) is 78.4 Å². The van der Waals surface area contributed by atoms with Crippen LogP contribution in [0.5, 0.6) is 0 Å². The molecule has 0 bridgehead atoms. The lowest BCUT2D eigenvalue weighted by Gasteiger charge is -2.09. The maximum Gasteiger partial charge on any atom is 0.313 e. The molecular formula is C14H20N2O3. The molecule has 1 aromatic carbocycles. The van der Waals surface area contributed by atoms with Crippen molar-refractivity contribution in [3.63, 3.8) is 0 Å². The van der Waals surface area contributed by atoms with E-state index in [1.807, 2.05) is 12.1 Å². The first-order valence-electron chi connectivity index (χ1n) is 6.27. The summed E-state index contributed by atoms with van der Waals surface area (Å²) in [5, 5.41) is 13.8. The molecule has 0 saturated carbocycles. The van der Waals surface area contributed by atoms with Crippen molar-refractivity contribution in [1.82, 2.24) is 5.32 Å². The van der Waals surface area contributed by atoms with Gasteiger partial charge in [-0.3, -0.25) is 9.59 Å². The van der Waals surface area contributed by atoms with E-state index >= 15 is 0 Å². The molecule has 0 heterocycles. The first-order chi connectivity index (χ1) is 8.90. The number of anilines is 1. The predicted octanol–water partition coefficient (Wildman–Crippen LogP) is 1.25. The summed E-state index contributed by atoms with van der Waals surface area (Å²) in [6.07, 6.45) is -0.679. The van der Waals surface area contributed by atoms with E-state index in [-0.39, 0.29) is 6.54 Å². The third-order valence-corrected chi connectivity index (χ3v) is 2.60. The molecule has 0 aliphatic carbocycles. The fourth-order valence-corrected chi connectivity index (χ4v) is 1.46. The van der Waals surface area contributed by atoms with Gasteiger partial charge in [-0.05, 0) is 30.5 Å². The Labute approximate surface area is 113 Å². The highest BCUT2D eigenvalue weighted by atomic mass is 16.3. The maximum absolute atomic E-state index is 11.5. The lowest BCUT2D eigenvalue weighted by Crippen LogP contribution is -2.38. The molecule has 1 rings (SSSR count). The molecule has 1 aromatic rings. The predicted molar refractivity (Wildman–Crippen MR) is 73.9 cm³/mol. The molecule has 0 radical (unpaired) electrons. The Morgan fingerprint density at radius 1 is 1.11 bits per heavy atom. The van der Waals surface area contributed by atoms with Crippen LogP contribution in [-0.4, -0.2) is 29.6 Å². The molecule has 0 aliphatic heterocycles. The van der Waals surface area contributed by atoms with E-state index in [1.54, 1.807) is 12.1 Å². The Hall–Kier alpha value is -1.88. The summed E-state index contributed by atoms with van der Waals surface area (Å²) in [6.45, 7) is 5.75. The van der Waals surface area contributed by atoms with E-state index in [9.17, 15) is 9.59 Å². The fraction of sp³-hybridized carbons (Fsp3) is 0.429. The zero-order valence-corrected chi connectivity index (χ0v) is 11.4. The summed E-state index contributed by atoms with van der Waals surface area (Å²) < 4.78 is 0. The third kappa shape index (κ3) is 5.09. The Bertz CT molecular complexity index is 439. The lowest BCUT2D eigenvalue weighted by atomic mass is 10.0. The van der Waals surface area contributed by atoms with Gasteiger partial charge < -0.3 is 15.7 Å². The second-order valence-electron chi connectivity index (χ2n) is 4.79. The highest BCUT2D eigenvalue weighted by molar-refractivity contribution is 6.39. The Morgan fingerprint density at radius 3 is 2.16 bits per heavy atom. The maximum atomic E-state index is 11.5. The van der Waals surface area contributed by atoms with Crippen LogP contribution in [0.15, 0.2) is 24.3 Å². The number of carbonyl (C=O) groups is 2. The summed E-state index contributed by atoms with van der Waals surface area (Å²) in [5.74, 6) is -1.08. The van der Waals surface area contributed by atoms with E-state index in [2.05, 4.69) is 24.5 Å². The molecule has 0 spiro atoms. The summed E-state index contributed by atoms with van der Waals surface area (Å²) in [7, 11) is 0. The zero-order valence-electron chi connectivity index (χ0n) is 11.4. The smallest absolute Gasteiger partial charge is 0.313 e. The van der Waals surface area contributed by atoms with Gasteiger partial charge >= 0.3 is 11.8 Å². The van der Waals surface area contributed by atoms with Crippen LogP contribution < -0.4 is 10.6 Å². The van der Waals surface area contributed by atoms with E-state index in [1.165, 1.54) is 6.92 Å². The van der Waals surface area contributed by atoms with Gasteiger partial charge in [0.2, 0.25) is 0 Å². The van der Waals surface area contributed by atoms with E-state index < -0.39 is 17.9 Å². The number of hydrogen-bond acceptors (Lipinski definition) is 3. The van der Waals surface area contributed by atoms with Gasteiger partial charge in [0.15, 0.2) is 0 Å². The zero-order chi connectivity index (χ0) is 14.4. The molecule has 0 aromatic heterocycles. The molecule has 0 aliphatic rings. The Balaban J connectivity index is 2.54. The molecule has 3 N–H and O–H groups in total. The molecular weight excluding hydrogens is 244 g/mol. The number of carbonyl (C=O) groups excluding carboxylic acids is 2. The van der Waals surface area contributed by atoms with Crippen LogP contribution in [0.1, 0.15) is 32.3 Å². The van der Waals surface area contributed by atoms with Gasteiger partial charge in [0, 0.05) is 12.2 Å². The van der Waals surface area contributed by atoms with Crippen LogP contribution in [0.4, 0.5) is 5.69 Å². The number of aliphatic hydroxyl groups excluding tert-OH is 1. The van der Waals surface area contributed by atoms with Crippen LogP contribution in [0.2, 0.25) is 0 Å². The molecule has 2 amide bonds. The van der Waals surface area contributed by atoms with E-state index in [0.717, 1.165) is 5.56 Å². The summed E-state index contributed by atoms with van der Waals surface area (Å²) in [6, 6.07) is 7.34. The molecule has 5 heteroatoms. The van der Waals surface area contributed by atoms with Gasteiger partial charge in [0.25, 0.3) is 0 Å². The van der Waals surface area contributed by atoms with Crippen molar-refractivity contribution in [3.05, 3.63) is 29.8 Å². The SMILES string of the molecule is CC(C)c1ccc(NC(=O)C(=O)NC[C@@H](C)O)cc1. The van der Waals surface area contributed by atoms with Gasteiger partial charge in [-0.1, -0.05) is 26.0 Å². The van der Waals surface area contributed by atoms with Crippen LogP contribution in [0.3, 0.4) is 0 Å². The second kappa shape index (κ2) is 6.89. The van der Waals surface area contributed by atoms with Crippen LogP contribution >= 0.6 is 0 Å². The van der Waals surface area contributed by atoms with Gasteiger partial charge in [-0.2, -0.15) is 0 Å². The first kappa shape index (κ1) is 15.2. The highest BCUT2D eigenvalue weighted by Crippen LogP contribution is 2.16. The number of hydrogen-bond donors (Lipinski definition) is 3. The van der Waals surface area contributed by atoms with E-state index in [4.69, 9.17) is 5.11 Å².